The first kappa shape index (κ1) is 34.7. The molecular weight excluding hydrogens is 747 g/mol. The molecule has 0 N–H and O–H groups in total. The summed E-state index contributed by atoms with van der Waals surface area (Å²) < 4.78 is 15.2. The number of para-hydroxylation sites is 2. The van der Waals surface area contributed by atoms with E-state index in [0.29, 0.717) is 11.4 Å². The average Bonchev–Trinajstić information content (AvgIpc) is 3.99. The van der Waals surface area contributed by atoms with Crippen LogP contribution in [0.2, 0.25) is 0 Å². The molecular formula is C56H35N3O2. The number of hydrogen-bond donors (Lipinski definition) is 0. The van der Waals surface area contributed by atoms with Gasteiger partial charge in [-0.15, -0.1) is 0 Å². The summed E-state index contributed by atoms with van der Waals surface area (Å²) >= 11 is 0. The molecule has 0 spiro atoms. The fraction of sp³-hybridized carbons (Fsp3) is 0. The van der Waals surface area contributed by atoms with Gasteiger partial charge in [-0.3, -0.25) is 0 Å². The van der Waals surface area contributed by atoms with E-state index in [2.05, 4.69) is 139 Å². The number of benzene rings is 8. The molecule has 0 saturated carbocycles. The van der Waals surface area contributed by atoms with Crippen molar-refractivity contribution in [3.05, 3.63) is 201 Å². The largest absolute Gasteiger partial charge is 0.456 e. The maximum absolute atomic E-state index is 6.67. The van der Waals surface area contributed by atoms with Crippen molar-refractivity contribution in [2.45, 2.75) is 0 Å². The van der Waals surface area contributed by atoms with Gasteiger partial charge in [0, 0.05) is 43.8 Å². The van der Waals surface area contributed by atoms with E-state index in [1.54, 1.807) is 0 Å². The Morgan fingerprint density at radius 3 is 1.89 bits per heavy atom. The van der Waals surface area contributed by atoms with E-state index < -0.39 is 0 Å². The summed E-state index contributed by atoms with van der Waals surface area (Å²) in [5.74, 6) is 0.615. The number of fused-ring (bicyclic) bond motifs is 10. The fourth-order valence-corrected chi connectivity index (χ4v) is 9.26. The summed E-state index contributed by atoms with van der Waals surface area (Å²) in [6.45, 7) is 8.06. The van der Waals surface area contributed by atoms with Crippen LogP contribution in [0, 0.1) is 0 Å². The van der Waals surface area contributed by atoms with Crippen molar-refractivity contribution in [2.75, 3.05) is 0 Å². The van der Waals surface area contributed by atoms with Gasteiger partial charge in [0.25, 0.3) is 0 Å². The minimum absolute atomic E-state index is 0.615. The van der Waals surface area contributed by atoms with Gasteiger partial charge in [-0.05, 0) is 87.6 Å². The Labute approximate surface area is 350 Å². The van der Waals surface area contributed by atoms with Crippen molar-refractivity contribution in [3.8, 4) is 44.9 Å². The van der Waals surface area contributed by atoms with Crippen molar-refractivity contribution in [1.82, 2.24) is 14.5 Å². The van der Waals surface area contributed by atoms with E-state index in [-0.39, 0.29) is 0 Å². The van der Waals surface area contributed by atoms with Crippen LogP contribution in [0.5, 0.6) is 0 Å². The predicted molar refractivity (Wildman–Crippen MR) is 254 cm³/mol. The van der Waals surface area contributed by atoms with Crippen molar-refractivity contribution in [2.24, 2.45) is 0 Å². The number of nitrogens with zero attached hydrogens (tertiary/aromatic N) is 3. The maximum Gasteiger partial charge on any atom is 0.180 e. The molecule has 0 aliphatic carbocycles. The van der Waals surface area contributed by atoms with Crippen LogP contribution in [0.4, 0.5) is 0 Å². The molecule has 5 nitrogen and oxygen atoms in total. The highest BCUT2D eigenvalue weighted by Gasteiger charge is 2.22. The highest BCUT2D eigenvalue weighted by molar-refractivity contribution is 6.15. The van der Waals surface area contributed by atoms with Crippen LogP contribution < -0.4 is 0 Å². The summed E-state index contributed by atoms with van der Waals surface area (Å²) in [5.41, 5.74) is 14.2. The van der Waals surface area contributed by atoms with E-state index >= 15 is 0 Å². The highest BCUT2D eigenvalue weighted by atomic mass is 16.3. The lowest BCUT2D eigenvalue weighted by molar-refractivity contribution is 0.667. The Morgan fingerprint density at radius 1 is 0.475 bits per heavy atom. The zero-order valence-electron chi connectivity index (χ0n) is 33.0. The van der Waals surface area contributed by atoms with Crippen molar-refractivity contribution >= 4 is 82.3 Å². The van der Waals surface area contributed by atoms with Gasteiger partial charge in [0.05, 0.1) is 11.0 Å². The van der Waals surface area contributed by atoms with Crippen LogP contribution >= 0.6 is 0 Å². The molecule has 0 fully saturated rings. The Hall–Kier alpha value is -8.28. The molecule has 0 bridgehead atoms. The summed E-state index contributed by atoms with van der Waals surface area (Å²) in [5, 5.41) is 7.66. The molecule has 0 atom stereocenters. The van der Waals surface area contributed by atoms with Crippen LogP contribution in [0.15, 0.2) is 210 Å². The normalized spacial score (nSPS) is 12.2. The standard InChI is InChI=1S/C56H35N3O2/c1-3-15-37(4-2)59-47-23-12-10-20-42(47)45-32-35(26-30-48(45)59)38-28-29-39(41-19-9-8-18-40(38)41)36-27-31-50-46(33-36)54-55(61-50)53(34-16-6-5-7-17-34)57-56(58-54)44-22-14-25-51-52(44)43-21-11-13-24-49(43)60-51/h3-33H,1-2H2/b37-15+. The first-order chi connectivity index (χ1) is 30.2. The molecule has 0 aliphatic heterocycles. The SMILES string of the molecule is C=C/C=C(\C=C)n1c2ccccc2c2cc(-c3ccc(-c4ccc5oc6c(-c7ccccc7)nc(-c7cccc8oc9ccccc9c78)nc6c5c4)c4ccccc34)ccc21. The van der Waals surface area contributed by atoms with Gasteiger partial charge >= 0.3 is 0 Å². The summed E-state index contributed by atoms with van der Waals surface area (Å²) in [6.07, 6.45) is 5.69. The third kappa shape index (κ3) is 5.34. The first-order valence-corrected chi connectivity index (χ1v) is 20.4. The summed E-state index contributed by atoms with van der Waals surface area (Å²) in [6, 6.07) is 59.4. The topological polar surface area (TPSA) is 57.0 Å². The second-order valence-electron chi connectivity index (χ2n) is 15.4. The van der Waals surface area contributed by atoms with Gasteiger partial charge in [-0.2, -0.15) is 0 Å². The monoisotopic (exact) mass is 781 g/mol. The molecule has 61 heavy (non-hydrogen) atoms. The van der Waals surface area contributed by atoms with Crippen molar-refractivity contribution in [3.63, 3.8) is 0 Å². The van der Waals surface area contributed by atoms with E-state index in [9.17, 15) is 0 Å². The maximum atomic E-state index is 6.67. The Morgan fingerprint density at radius 2 is 1.11 bits per heavy atom. The molecule has 12 rings (SSSR count). The fourth-order valence-electron chi connectivity index (χ4n) is 9.26. The van der Waals surface area contributed by atoms with Crippen molar-refractivity contribution in [1.29, 1.82) is 0 Å². The molecule has 286 valence electrons. The molecule has 8 aromatic carbocycles. The molecule has 4 aromatic heterocycles. The van der Waals surface area contributed by atoms with E-state index in [1.165, 1.54) is 21.7 Å². The lowest BCUT2D eigenvalue weighted by atomic mass is 9.91. The molecule has 0 saturated heterocycles. The molecule has 0 unspecified atom stereocenters. The number of aromatic nitrogens is 3. The van der Waals surface area contributed by atoms with Crippen LogP contribution in [-0.4, -0.2) is 14.5 Å². The minimum Gasteiger partial charge on any atom is -0.456 e. The van der Waals surface area contributed by atoms with Gasteiger partial charge in [-0.1, -0.05) is 147 Å². The smallest absolute Gasteiger partial charge is 0.180 e. The van der Waals surface area contributed by atoms with Crippen LogP contribution in [0.3, 0.4) is 0 Å². The molecule has 5 heteroatoms. The second-order valence-corrected chi connectivity index (χ2v) is 15.4. The second kappa shape index (κ2) is 13.7. The lowest BCUT2D eigenvalue weighted by Gasteiger charge is -2.13. The van der Waals surface area contributed by atoms with Crippen molar-refractivity contribution < 1.29 is 8.83 Å². The third-order valence-electron chi connectivity index (χ3n) is 12.0. The lowest BCUT2D eigenvalue weighted by Crippen LogP contribution is -1.94. The highest BCUT2D eigenvalue weighted by Crippen LogP contribution is 2.43. The zero-order chi connectivity index (χ0) is 40.6. The molecule has 0 aliphatic rings. The van der Waals surface area contributed by atoms with Crippen LogP contribution in [0.1, 0.15) is 0 Å². The van der Waals surface area contributed by atoms with Gasteiger partial charge in [0.2, 0.25) is 0 Å². The Balaban J connectivity index is 1.04. The van der Waals surface area contributed by atoms with Crippen LogP contribution in [0.25, 0.3) is 127 Å². The number of rotatable bonds is 7. The van der Waals surface area contributed by atoms with Gasteiger partial charge in [0.1, 0.15) is 28.0 Å². The minimum atomic E-state index is 0.615. The number of allylic oxidation sites excluding steroid dienone is 4. The van der Waals surface area contributed by atoms with Crippen LogP contribution in [-0.2, 0) is 0 Å². The van der Waals surface area contributed by atoms with Gasteiger partial charge in [-0.25, -0.2) is 9.97 Å². The Bertz CT molecular complexity index is 3810. The zero-order valence-corrected chi connectivity index (χ0v) is 33.0. The van der Waals surface area contributed by atoms with E-state index in [0.717, 1.165) is 94.1 Å². The Kier molecular flexibility index (Phi) is 7.77. The third-order valence-corrected chi connectivity index (χ3v) is 12.0. The predicted octanol–water partition coefficient (Wildman–Crippen LogP) is 15.4. The summed E-state index contributed by atoms with van der Waals surface area (Å²) in [4.78, 5) is 10.6. The van der Waals surface area contributed by atoms with Gasteiger partial charge < -0.3 is 13.4 Å². The van der Waals surface area contributed by atoms with E-state index in [4.69, 9.17) is 18.8 Å². The summed E-state index contributed by atoms with van der Waals surface area (Å²) in [7, 11) is 0. The van der Waals surface area contributed by atoms with Gasteiger partial charge in [0.15, 0.2) is 11.4 Å². The quantitative estimate of drug-likeness (QED) is 0.151. The molecule has 4 heterocycles. The van der Waals surface area contributed by atoms with E-state index in [1.807, 2.05) is 66.8 Å². The molecule has 12 aromatic rings. The first-order valence-electron chi connectivity index (χ1n) is 20.4. The number of furan rings is 2. The number of hydrogen-bond acceptors (Lipinski definition) is 4. The molecule has 0 amide bonds. The average molecular weight is 782 g/mol. The molecule has 0 radical (unpaired) electrons.